The molecule has 2 aromatic rings. The molecule has 0 spiro atoms. The third-order valence-corrected chi connectivity index (χ3v) is 3.53. The second-order valence-corrected chi connectivity index (χ2v) is 5.34. The molecular formula is C15H16F3N3. The van der Waals surface area contributed by atoms with E-state index in [1.54, 1.807) is 12.4 Å². The van der Waals surface area contributed by atoms with E-state index < -0.39 is 17.5 Å². The maximum Gasteiger partial charge on any atom is 0.161 e. The fourth-order valence-electron chi connectivity index (χ4n) is 2.19. The highest BCUT2D eigenvalue weighted by Gasteiger charge is 2.19. The molecule has 0 aliphatic heterocycles. The van der Waals surface area contributed by atoms with E-state index >= 15 is 0 Å². The molecule has 0 unspecified atom stereocenters. The number of hydrogen-bond donors (Lipinski definition) is 1. The lowest BCUT2D eigenvalue weighted by molar-refractivity contribution is 0.491. The van der Waals surface area contributed by atoms with Gasteiger partial charge in [-0.2, -0.15) is 5.10 Å². The largest absolute Gasteiger partial charge is 0.314 e. The first-order chi connectivity index (χ1) is 10.1. The number of aromatic nitrogens is 2. The highest BCUT2D eigenvalue weighted by Crippen LogP contribution is 2.19. The van der Waals surface area contributed by atoms with E-state index in [-0.39, 0.29) is 5.69 Å². The molecule has 6 heteroatoms. The third kappa shape index (κ3) is 3.44. The normalized spacial score (nSPS) is 14.6. The predicted octanol–water partition coefficient (Wildman–Crippen LogP) is 2.97. The minimum atomic E-state index is -1.20. The van der Waals surface area contributed by atoms with Crippen LogP contribution in [0.25, 0.3) is 5.69 Å². The van der Waals surface area contributed by atoms with Gasteiger partial charge in [-0.3, -0.25) is 0 Å². The van der Waals surface area contributed by atoms with Crippen LogP contribution >= 0.6 is 0 Å². The molecule has 0 bridgehead atoms. The Morgan fingerprint density at radius 1 is 1.14 bits per heavy atom. The lowest BCUT2D eigenvalue weighted by Crippen LogP contribution is -2.17. The summed E-state index contributed by atoms with van der Waals surface area (Å²) >= 11 is 0. The summed E-state index contributed by atoms with van der Waals surface area (Å²) in [6, 6.07) is 2.03. The van der Waals surface area contributed by atoms with Gasteiger partial charge in [-0.05, 0) is 37.8 Å². The van der Waals surface area contributed by atoms with Crippen molar-refractivity contribution in [3.63, 3.8) is 0 Å². The maximum atomic E-state index is 13.7. The highest BCUT2D eigenvalue weighted by atomic mass is 19.2. The lowest BCUT2D eigenvalue weighted by atomic mass is 10.2. The van der Waals surface area contributed by atoms with Crippen molar-refractivity contribution in [2.24, 2.45) is 0 Å². The van der Waals surface area contributed by atoms with Crippen LogP contribution < -0.4 is 5.32 Å². The number of benzene rings is 1. The number of hydrogen-bond acceptors (Lipinski definition) is 2. The molecule has 0 amide bonds. The summed E-state index contributed by atoms with van der Waals surface area (Å²) in [5.41, 5.74) is 0.855. The van der Waals surface area contributed by atoms with Crippen molar-refractivity contribution < 1.29 is 13.2 Å². The zero-order valence-corrected chi connectivity index (χ0v) is 11.5. The van der Waals surface area contributed by atoms with Crippen molar-refractivity contribution in [2.75, 3.05) is 6.54 Å². The van der Waals surface area contributed by atoms with Crippen LogP contribution in [0.5, 0.6) is 0 Å². The van der Waals surface area contributed by atoms with Crippen LogP contribution in [0, 0.1) is 17.5 Å². The first-order valence-electron chi connectivity index (χ1n) is 7.05. The van der Waals surface area contributed by atoms with Crippen molar-refractivity contribution in [1.82, 2.24) is 15.1 Å². The van der Waals surface area contributed by atoms with Crippen LogP contribution in [0.2, 0.25) is 0 Å². The van der Waals surface area contributed by atoms with Gasteiger partial charge in [-0.1, -0.05) is 0 Å². The van der Waals surface area contributed by atoms with E-state index in [2.05, 4.69) is 10.4 Å². The number of aryl methyl sites for hydroxylation is 1. The van der Waals surface area contributed by atoms with Gasteiger partial charge >= 0.3 is 0 Å². The van der Waals surface area contributed by atoms with E-state index in [1.165, 1.54) is 17.5 Å². The van der Waals surface area contributed by atoms with Crippen LogP contribution in [0.3, 0.4) is 0 Å². The van der Waals surface area contributed by atoms with Gasteiger partial charge in [0.1, 0.15) is 5.69 Å². The summed E-state index contributed by atoms with van der Waals surface area (Å²) in [5, 5.41) is 7.42. The second kappa shape index (κ2) is 5.89. The summed E-state index contributed by atoms with van der Waals surface area (Å²) in [6.45, 7) is 0.940. The quantitative estimate of drug-likeness (QED) is 0.656. The molecule has 3 nitrogen and oxygen atoms in total. The molecule has 0 atom stereocenters. The standard InChI is InChI=1S/C15H16F3N3/c16-12-6-14(18)15(7-13(12)17)21-9-10(8-20-21)2-1-5-19-11-3-4-11/h6-9,11,19H,1-5H2. The molecule has 1 heterocycles. The van der Waals surface area contributed by atoms with E-state index in [0.29, 0.717) is 12.1 Å². The molecule has 1 saturated carbocycles. The molecule has 1 aliphatic rings. The molecule has 0 saturated heterocycles. The number of nitrogens with one attached hydrogen (secondary N) is 1. The van der Waals surface area contributed by atoms with E-state index in [4.69, 9.17) is 0 Å². The first kappa shape index (κ1) is 14.1. The summed E-state index contributed by atoms with van der Waals surface area (Å²) < 4.78 is 41.0. The van der Waals surface area contributed by atoms with Gasteiger partial charge < -0.3 is 5.32 Å². The highest BCUT2D eigenvalue weighted by molar-refractivity contribution is 5.34. The summed E-state index contributed by atoms with van der Waals surface area (Å²) in [6.07, 6.45) is 7.55. The Balaban J connectivity index is 1.64. The monoisotopic (exact) mass is 295 g/mol. The molecule has 1 fully saturated rings. The molecule has 1 aromatic carbocycles. The van der Waals surface area contributed by atoms with Crippen LogP contribution in [0.1, 0.15) is 24.8 Å². The smallest absolute Gasteiger partial charge is 0.161 e. The van der Waals surface area contributed by atoms with Crippen molar-refractivity contribution in [2.45, 2.75) is 31.7 Å². The molecule has 1 aliphatic carbocycles. The minimum Gasteiger partial charge on any atom is -0.314 e. The first-order valence-corrected chi connectivity index (χ1v) is 7.05. The molecule has 21 heavy (non-hydrogen) atoms. The SMILES string of the molecule is Fc1cc(F)c(-n2cc(CCCNC3CC3)cn2)cc1F. The fourth-order valence-corrected chi connectivity index (χ4v) is 2.19. The van der Waals surface area contributed by atoms with Gasteiger partial charge in [-0.25, -0.2) is 17.9 Å². The Bertz CT molecular complexity index is 635. The summed E-state index contributed by atoms with van der Waals surface area (Å²) in [7, 11) is 0. The van der Waals surface area contributed by atoms with Crippen LogP contribution in [0.4, 0.5) is 13.2 Å². The van der Waals surface area contributed by atoms with E-state index in [9.17, 15) is 13.2 Å². The molecule has 112 valence electrons. The van der Waals surface area contributed by atoms with Crippen molar-refractivity contribution in [1.29, 1.82) is 0 Å². The maximum absolute atomic E-state index is 13.7. The molecule has 1 N–H and O–H groups in total. The molecule has 0 radical (unpaired) electrons. The summed E-state index contributed by atoms with van der Waals surface area (Å²) in [4.78, 5) is 0. The Hall–Kier alpha value is -1.82. The molecule has 1 aromatic heterocycles. The zero-order valence-electron chi connectivity index (χ0n) is 11.5. The molecule has 3 rings (SSSR count). The Morgan fingerprint density at radius 3 is 2.67 bits per heavy atom. The average molecular weight is 295 g/mol. The van der Waals surface area contributed by atoms with Gasteiger partial charge in [-0.15, -0.1) is 0 Å². The minimum absolute atomic E-state index is 0.0868. The Labute approximate surface area is 120 Å². The Kier molecular flexibility index (Phi) is 3.96. The second-order valence-electron chi connectivity index (χ2n) is 5.34. The van der Waals surface area contributed by atoms with Gasteiger partial charge in [0.05, 0.1) is 6.20 Å². The van der Waals surface area contributed by atoms with Crippen molar-refractivity contribution >= 4 is 0 Å². The van der Waals surface area contributed by atoms with Crippen molar-refractivity contribution in [3.05, 3.63) is 47.5 Å². The topological polar surface area (TPSA) is 29.9 Å². The van der Waals surface area contributed by atoms with Gasteiger partial charge in [0.15, 0.2) is 17.5 Å². The van der Waals surface area contributed by atoms with Crippen molar-refractivity contribution in [3.8, 4) is 5.69 Å². The van der Waals surface area contributed by atoms with E-state index in [0.717, 1.165) is 31.0 Å². The lowest BCUT2D eigenvalue weighted by Gasteiger charge is -2.04. The van der Waals surface area contributed by atoms with Crippen LogP contribution in [-0.2, 0) is 6.42 Å². The van der Waals surface area contributed by atoms with Crippen LogP contribution in [-0.4, -0.2) is 22.4 Å². The predicted molar refractivity (Wildman–Crippen MR) is 72.8 cm³/mol. The molecular weight excluding hydrogens is 279 g/mol. The van der Waals surface area contributed by atoms with Crippen LogP contribution in [0.15, 0.2) is 24.5 Å². The number of rotatable bonds is 6. The third-order valence-electron chi connectivity index (χ3n) is 3.53. The van der Waals surface area contributed by atoms with E-state index in [1.807, 2.05) is 0 Å². The van der Waals surface area contributed by atoms with Gasteiger partial charge in [0.25, 0.3) is 0 Å². The number of nitrogens with zero attached hydrogens (tertiary/aromatic N) is 2. The average Bonchev–Trinajstić information content (AvgIpc) is 3.16. The zero-order chi connectivity index (χ0) is 14.8. The van der Waals surface area contributed by atoms with Gasteiger partial charge in [0.2, 0.25) is 0 Å². The summed E-state index contributed by atoms with van der Waals surface area (Å²) in [5.74, 6) is -3.12. The number of halogens is 3. The van der Waals surface area contributed by atoms with Gasteiger partial charge in [0, 0.05) is 24.4 Å². The Morgan fingerprint density at radius 2 is 1.90 bits per heavy atom. The fraction of sp³-hybridized carbons (Fsp3) is 0.400.